The Balaban J connectivity index is 4.45. The van der Waals surface area contributed by atoms with Crippen molar-refractivity contribution in [1.82, 2.24) is 4.31 Å². The molecule has 0 aromatic heterocycles. The topological polar surface area (TPSA) is 46.6 Å². The number of hydrogen-bond acceptors (Lipinski definition) is 3. The molecule has 1 atom stereocenters. The lowest BCUT2D eigenvalue weighted by Gasteiger charge is -2.24. The molecule has 4 nitrogen and oxygen atoms in total. The normalized spacial score (nSPS) is 13.1. The Hall–Kier alpha value is -0.840. The van der Waals surface area contributed by atoms with Crippen molar-refractivity contribution < 1.29 is 13.7 Å². The van der Waals surface area contributed by atoms with E-state index in [-0.39, 0.29) is 6.54 Å². The quantitative estimate of drug-likeness (QED) is 0.679. The number of carbonyl (C=O) groups excluding carboxylic acids is 1. The maximum absolute atomic E-state index is 11.5. The molecular weight excluding hydrogens is 202 g/mol. The van der Waals surface area contributed by atoms with Crippen LogP contribution in [0.15, 0.2) is 12.7 Å². The summed E-state index contributed by atoms with van der Waals surface area (Å²) >= 11 is 0. The van der Waals surface area contributed by atoms with Crippen LogP contribution in [0.3, 0.4) is 0 Å². The van der Waals surface area contributed by atoms with Crippen LogP contribution in [0.4, 0.5) is 4.79 Å². The highest BCUT2D eigenvalue weighted by atomic mass is 32.2. The van der Waals surface area contributed by atoms with E-state index in [1.807, 2.05) is 0 Å². The second-order valence-corrected chi connectivity index (χ2v) is 5.04. The van der Waals surface area contributed by atoms with Gasteiger partial charge in [0, 0.05) is 6.26 Å². The molecule has 1 unspecified atom stereocenters. The second kappa shape index (κ2) is 5.14. The van der Waals surface area contributed by atoms with E-state index in [2.05, 4.69) is 6.58 Å². The third kappa shape index (κ3) is 5.01. The van der Waals surface area contributed by atoms with E-state index in [0.717, 1.165) is 4.31 Å². The van der Waals surface area contributed by atoms with Gasteiger partial charge in [0.1, 0.15) is 16.6 Å². The molecule has 14 heavy (non-hydrogen) atoms. The SMILES string of the molecule is C=CCN(C(=O)OC(C)(C)C)S(C)=O. The molecule has 0 fully saturated rings. The highest BCUT2D eigenvalue weighted by Crippen LogP contribution is 2.10. The lowest BCUT2D eigenvalue weighted by Crippen LogP contribution is -2.37. The molecule has 0 saturated heterocycles. The summed E-state index contributed by atoms with van der Waals surface area (Å²) in [6.07, 6.45) is 2.34. The fourth-order valence-electron chi connectivity index (χ4n) is 0.715. The summed E-state index contributed by atoms with van der Waals surface area (Å²) in [5, 5.41) is 0. The summed E-state index contributed by atoms with van der Waals surface area (Å²) in [5.41, 5.74) is -0.574. The second-order valence-electron chi connectivity index (χ2n) is 3.75. The summed E-state index contributed by atoms with van der Waals surface area (Å²) < 4.78 is 17.3. The largest absolute Gasteiger partial charge is 0.443 e. The fourth-order valence-corrected chi connectivity index (χ4v) is 1.28. The minimum absolute atomic E-state index is 0.220. The maximum atomic E-state index is 11.5. The van der Waals surface area contributed by atoms with Crippen LogP contribution in [0.1, 0.15) is 20.8 Å². The van der Waals surface area contributed by atoms with Crippen LogP contribution in [0, 0.1) is 0 Å². The molecule has 0 aliphatic carbocycles. The first kappa shape index (κ1) is 13.2. The molecule has 5 heteroatoms. The number of carbonyl (C=O) groups is 1. The Morgan fingerprint density at radius 2 is 2.07 bits per heavy atom. The molecule has 0 bridgehead atoms. The van der Waals surface area contributed by atoms with E-state index >= 15 is 0 Å². The van der Waals surface area contributed by atoms with E-state index in [9.17, 15) is 9.00 Å². The van der Waals surface area contributed by atoms with Crippen molar-refractivity contribution in [1.29, 1.82) is 0 Å². The van der Waals surface area contributed by atoms with Crippen molar-refractivity contribution in [3.05, 3.63) is 12.7 Å². The van der Waals surface area contributed by atoms with Gasteiger partial charge in [0.2, 0.25) is 0 Å². The van der Waals surface area contributed by atoms with Gasteiger partial charge in [-0.25, -0.2) is 13.3 Å². The summed E-state index contributed by atoms with van der Waals surface area (Å²) in [7, 11) is -1.38. The Bertz CT molecular complexity index is 245. The van der Waals surface area contributed by atoms with Gasteiger partial charge in [0.15, 0.2) is 0 Å². The van der Waals surface area contributed by atoms with Crippen LogP contribution in [0.5, 0.6) is 0 Å². The lowest BCUT2D eigenvalue weighted by atomic mass is 10.2. The summed E-state index contributed by atoms with van der Waals surface area (Å²) in [4.78, 5) is 11.5. The van der Waals surface area contributed by atoms with Crippen LogP contribution >= 0.6 is 0 Å². The zero-order valence-electron chi connectivity index (χ0n) is 9.07. The highest BCUT2D eigenvalue weighted by molar-refractivity contribution is 7.82. The molecule has 0 aromatic rings. The van der Waals surface area contributed by atoms with Gasteiger partial charge < -0.3 is 4.74 Å². The number of ether oxygens (including phenoxy) is 1. The zero-order valence-corrected chi connectivity index (χ0v) is 9.89. The first-order valence-electron chi connectivity index (χ1n) is 4.23. The molecule has 0 aromatic carbocycles. The third-order valence-corrected chi connectivity index (χ3v) is 2.12. The Kier molecular flexibility index (Phi) is 4.83. The monoisotopic (exact) mass is 219 g/mol. The zero-order chi connectivity index (χ0) is 11.4. The number of amides is 1. The molecule has 0 aliphatic heterocycles. The van der Waals surface area contributed by atoms with Crippen LogP contribution < -0.4 is 0 Å². The van der Waals surface area contributed by atoms with Crippen LogP contribution in [0.2, 0.25) is 0 Å². The summed E-state index contributed by atoms with van der Waals surface area (Å²) in [5.74, 6) is 0. The molecule has 0 rings (SSSR count). The number of nitrogens with zero attached hydrogens (tertiary/aromatic N) is 1. The molecule has 0 N–H and O–H groups in total. The Morgan fingerprint density at radius 3 is 2.36 bits per heavy atom. The maximum Gasteiger partial charge on any atom is 0.422 e. The van der Waals surface area contributed by atoms with Gasteiger partial charge in [-0.1, -0.05) is 6.08 Å². The van der Waals surface area contributed by atoms with E-state index < -0.39 is 22.7 Å². The van der Waals surface area contributed by atoms with Crippen LogP contribution in [-0.4, -0.2) is 33.0 Å². The molecular formula is C9H17NO3S. The van der Waals surface area contributed by atoms with Crippen molar-refractivity contribution >= 4 is 17.1 Å². The smallest absolute Gasteiger partial charge is 0.422 e. The van der Waals surface area contributed by atoms with E-state index in [4.69, 9.17) is 4.74 Å². The molecule has 0 heterocycles. The van der Waals surface area contributed by atoms with Gasteiger partial charge in [-0.3, -0.25) is 0 Å². The summed E-state index contributed by atoms with van der Waals surface area (Å²) in [6.45, 7) is 8.98. The first-order chi connectivity index (χ1) is 6.28. The minimum atomic E-state index is -1.38. The predicted molar refractivity (Wildman–Crippen MR) is 57.2 cm³/mol. The Morgan fingerprint density at radius 1 is 1.57 bits per heavy atom. The third-order valence-electron chi connectivity index (χ3n) is 1.20. The van der Waals surface area contributed by atoms with E-state index in [1.54, 1.807) is 20.8 Å². The van der Waals surface area contributed by atoms with E-state index in [1.165, 1.54) is 12.3 Å². The van der Waals surface area contributed by atoms with Gasteiger partial charge in [0.25, 0.3) is 0 Å². The minimum Gasteiger partial charge on any atom is -0.443 e. The van der Waals surface area contributed by atoms with Gasteiger partial charge in [-0.2, -0.15) is 0 Å². The van der Waals surface area contributed by atoms with Crippen molar-refractivity contribution in [2.75, 3.05) is 12.8 Å². The van der Waals surface area contributed by atoms with Crippen LogP contribution in [-0.2, 0) is 15.7 Å². The molecule has 0 radical (unpaired) electrons. The van der Waals surface area contributed by atoms with Gasteiger partial charge in [-0.05, 0) is 20.8 Å². The van der Waals surface area contributed by atoms with Crippen molar-refractivity contribution in [2.24, 2.45) is 0 Å². The molecule has 1 amide bonds. The fraction of sp³-hybridized carbons (Fsp3) is 0.667. The van der Waals surface area contributed by atoms with Crippen molar-refractivity contribution in [2.45, 2.75) is 26.4 Å². The van der Waals surface area contributed by atoms with Gasteiger partial charge in [-0.15, -0.1) is 6.58 Å². The highest BCUT2D eigenvalue weighted by Gasteiger charge is 2.23. The Labute approximate surface area is 87.5 Å². The lowest BCUT2D eigenvalue weighted by molar-refractivity contribution is 0.0411. The summed E-state index contributed by atoms with van der Waals surface area (Å²) in [6, 6.07) is 0. The van der Waals surface area contributed by atoms with E-state index in [0.29, 0.717) is 0 Å². The van der Waals surface area contributed by atoms with Gasteiger partial charge in [0.05, 0.1) is 6.54 Å². The predicted octanol–water partition coefficient (Wildman–Crippen LogP) is 1.70. The molecule has 0 spiro atoms. The number of hydrogen-bond donors (Lipinski definition) is 0. The number of rotatable bonds is 3. The van der Waals surface area contributed by atoms with Gasteiger partial charge >= 0.3 is 6.09 Å². The average molecular weight is 219 g/mol. The molecule has 0 saturated carbocycles. The molecule has 0 aliphatic rings. The van der Waals surface area contributed by atoms with Crippen LogP contribution in [0.25, 0.3) is 0 Å². The van der Waals surface area contributed by atoms with Crippen molar-refractivity contribution in [3.63, 3.8) is 0 Å². The molecule has 82 valence electrons. The first-order valence-corrected chi connectivity index (χ1v) is 5.74. The average Bonchev–Trinajstić information content (AvgIpc) is 1.95. The van der Waals surface area contributed by atoms with Crippen molar-refractivity contribution in [3.8, 4) is 0 Å². The standard InChI is InChI=1S/C9H17NO3S/c1-6-7-10(14(5)12)8(11)13-9(2,3)4/h6H,1,7H2,2-5H3.